The molecule has 0 spiro atoms. The van der Waals surface area contributed by atoms with E-state index in [0.29, 0.717) is 11.5 Å². The van der Waals surface area contributed by atoms with Gasteiger partial charge in [0.05, 0.1) is 64.2 Å². The number of aryl methyl sites for hydroxylation is 1. The third-order valence-electron chi connectivity index (χ3n) is 15.9. The summed E-state index contributed by atoms with van der Waals surface area (Å²) in [5, 5.41) is 3.55. The Hall–Kier alpha value is -1.72. The zero-order valence-electron chi connectivity index (χ0n) is 47.5. The summed E-state index contributed by atoms with van der Waals surface area (Å²) in [7, 11) is -5.34. The van der Waals surface area contributed by atoms with Crippen LogP contribution in [0.15, 0.2) is 18.9 Å². The van der Waals surface area contributed by atoms with Gasteiger partial charge in [-0.1, -0.05) is 53.3 Å². The quantitative estimate of drug-likeness (QED) is 0.0523. The molecule has 8 heterocycles. The second-order valence-electron chi connectivity index (χ2n) is 22.8. The molecular formula is C48H86ClN11O10P2S2Si2. The fraction of sp³-hybridized carbons (Fsp3) is 0.771. The molecule has 2 unspecified atom stereocenters. The smallest absolute Gasteiger partial charge is 0.226 e. The predicted octanol–water partition coefficient (Wildman–Crippen LogP) is 6.36. The molecule has 76 heavy (non-hydrogen) atoms. The first-order valence-electron chi connectivity index (χ1n) is 26.8. The Labute approximate surface area is 467 Å². The van der Waals surface area contributed by atoms with Crippen LogP contribution >= 0.6 is 25.1 Å². The van der Waals surface area contributed by atoms with Gasteiger partial charge in [0.15, 0.2) is 40.6 Å². The molecular weight excluding hydrogens is 1110 g/mol. The number of halogens is 1. The molecule has 0 aliphatic carbocycles. The van der Waals surface area contributed by atoms with Gasteiger partial charge in [-0.15, -0.1) is 0 Å². The van der Waals surface area contributed by atoms with Crippen LogP contribution in [0.5, 0.6) is 0 Å². The summed E-state index contributed by atoms with van der Waals surface area (Å²) in [5.41, 5.74) is 8.23. The highest BCUT2D eigenvalue weighted by Gasteiger charge is 2.56. The van der Waals surface area contributed by atoms with Crippen molar-refractivity contribution in [2.45, 2.75) is 181 Å². The zero-order chi connectivity index (χ0) is 56.3. The summed E-state index contributed by atoms with van der Waals surface area (Å²) in [6, 6.07) is 0. The fourth-order valence-electron chi connectivity index (χ4n) is 9.12. The van der Waals surface area contributed by atoms with E-state index in [1.54, 1.807) is 9.80 Å². The number of nitrogens with one attached hydrogen (secondary N) is 3. The Bertz CT molecular complexity index is 2650. The number of rotatable bonds is 12. The number of imidazole rings is 1. The maximum absolute atomic E-state index is 14.7. The van der Waals surface area contributed by atoms with Crippen molar-refractivity contribution in [3.8, 4) is 0 Å². The van der Waals surface area contributed by atoms with Gasteiger partial charge in [0.2, 0.25) is 12.1 Å². The Morgan fingerprint density at radius 3 is 1.95 bits per heavy atom. The first-order valence-corrected chi connectivity index (χ1v) is 38.1. The summed E-state index contributed by atoms with van der Waals surface area (Å²) >= 11 is 17.6. The van der Waals surface area contributed by atoms with Crippen molar-refractivity contribution in [2.75, 3.05) is 70.1 Å². The number of nitrogens with two attached hydrogens (primary N) is 1. The van der Waals surface area contributed by atoms with E-state index in [4.69, 9.17) is 82.8 Å². The highest BCUT2D eigenvalue weighted by molar-refractivity contribution is 8.32. The van der Waals surface area contributed by atoms with Crippen molar-refractivity contribution in [3.63, 3.8) is 0 Å². The molecule has 0 aromatic carbocycles. The lowest BCUT2D eigenvalue weighted by atomic mass is 10.1. The lowest BCUT2D eigenvalue weighted by molar-refractivity contribution is -0.894. The summed E-state index contributed by atoms with van der Waals surface area (Å²) in [5.74, 6) is 0.744. The number of quaternary nitrogens is 2. The highest BCUT2D eigenvalue weighted by atomic mass is 35.5. The van der Waals surface area contributed by atoms with E-state index >= 15 is 0 Å². The largest absolute Gasteiger partial charge is 0.780 e. The van der Waals surface area contributed by atoms with Crippen LogP contribution in [0.4, 0.5) is 11.6 Å². The Morgan fingerprint density at radius 1 is 0.816 bits per heavy atom. The van der Waals surface area contributed by atoms with Crippen molar-refractivity contribution >= 4 is 99.6 Å². The van der Waals surface area contributed by atoms with Crippen molar-refractivity contribution in [1.82, 2.24) is 34.1 Å². The zero-order valence-corrected chi connectivity index (χ0v) is 53.7. The first-order chi connectivity index (χ1) is 35.4. The number of ether oxygens (including phenoxy) is 2. The number of anilines is 2. The van der Waals surface area contributed by atoms with E-state index in [1.165, 1.54) is 56.5 Å². The highest BCUT2D eigenvalue weighted by Crippen LogP contribution is 2.56. The Kier molecular flexibility index (Phi) is 21.4. The molecule has 0 amide bonds. The van der Waals surface area contributed by atoms with Gasteiger partial charge in [-0.2, -0.15) is 9.97 Å². The maximum atomic E-state index is 14.7. The minimum Gasteiger partial charge on any atom is -0.780 e. The normalized spacial score (nSPS) is 28.6. The average molecular weight is 1190 g/mol. The third kappa shape index (κ3) is 14.7. The molecule has 4 aliphatic heterocycles. The topological polar surface area (TPSA) is 235 Å². The molecule has 4 aromatic heterocycles. The molecule has 3 saturated heterocycles. The Balaban J connectivity index is 0.000000590. The van der Waals surface area contributed by atoms with Gasteiger partial charge in [-0.3, -0.25) is 9.13 Å². The molecule has 0 radical (unpaired) electrons. The molecule has 430 valence electrons. The summed E-state index contributed by atoms with van der Waals surface area (Å²) < 4.78 is 70.7. The van der Waals surface area contributed by atoms with Gasteiger partial charge >= 0.3 is 0 Å². The molecule has 0 saturated carbocycles. The van der Waals surface area contributed by atoms with Crippen molar-refractivity contribution < 1.29 is 55.7 Å². The van der Waals surface area contributed by atoms with Crippen molar-refractivity contribution in [2.24, 2.45) is 0 Å². The van der Waals surface area contributed by atoms with Gasteiger partial charge in [0, 0.05) is 12.7 Å². The Morgan fingerprint density at radius 2 is 1.38 bits per heavy atom. The van der Waals surface area contributed by atoms with Gasteiger partial charge < -0.3 is 79.0 Å². The summed E-state index contributed by atoms with van der Waals surface area (Å²) in [4.78, 5) is 40.0. The van der Waals surface area contributed by atoms with Crippen LogP contribution in [0.25, 0.3) is 22.2 Å². The number of hydrogen-bond donors (Lipinski definition) is 4. The molecule has 4 aliphatic rings. The van der Waals surface area contributed by atoms with E-state index in [0.717, 1.165) is 30.3 Å². The first kappa shape index (κ1) is 63.5. The summed E-state index contributed by atoms with van der Waals surface area (Å²) in [6.45, 7) is 32.8. The SMILES string of the molecule is CC(C)(C)[Si](C)(C)O[C@@H]1[C@@H]2OP([O-])(=S)OC[C@H]3O[C@@H](n4cnc5c(N)nc(Cl)nc54)[C@H](OP(=O)([S-])OC[C@H]2O[C@H]1n1cc2c4c(ncnc41)NCCC2)[C@@H]3O[Si](C)(C)C(C)(C)C.CC[NH+](CC)CC.CC[NH+](CC)CC. The van der Waals surface area contributed by atoms with Crippen LogP contribution in [0.3, 0.4) is 0 Å². The van der Waals surface area contributed by atoms with E-state index < -0.39 is 92.4 Å². The number of fused-ring (bicyclic) bond motifs is 4. The molecule has 4 aromatic rings. The molecule has 2 bridgehead atoms. The van der Waals surface area contributed by atoms with Crippen LogP contribution < -0.4 is 25.7 Å². The number of nitrogens with zero attached hydrogens (tertiary/aromatic N) is 7. The fourth-order valence-corrected chi connectivity index (χ4v) is 14.7. The van der Waals surface area contributed by atoms with E-state index in [1.807, 2.05) is 23.9 Å². The molecule has 10 atom stereocenters. The lowest BCUT2D eigenvalue weighted by Crippen LogP contribution is -3.11. The van der Waals surface area contributed by atoms with E-state index in [-0.39, 0.29) is 32.3 Å². The molecule has 28 heteroatoms. The van der Waals surface area contributed by atoms with E-state index in [9.17, 15) is 9.46 Å². The minimum atomic E-state index is -4.48. The molecule has 8 rings (SSSR count). The van der Waals surface area contributed by atoms with Gasteiger partial charge in [0.25, 0.3) is 0 Å². The van der Waals surface area contributed by atoms with Crippen LogP contribution in [0.1, 0.15) is 108 Å². The van der Waals surface area contributed by atoms with E-state index in [2.05, 4.69) is 121 Å². The lowest BCUT2D eigenvalue weighted by Gasteiger charge is -2.42. The predicted molar refractivity (Wildman–Crippen MR) is 307 cm³/mol. The number of nitrogen functional groups attached to an aromatic ring is 1. The standard InChI is InChI=1S/C36H56ClN9O10P2S2Si2.2C6H15N/c1-35(2,3)61(7,8)55-25-21-16-50-57(47,59)53-24-20(15-49-58(48,60)54-26(25)32(52-21)46-18-42-23-28(38)43-34(37)44-31(23)46)51-33(27(24)56-62(9,10)36(4,5)6)45-14-19-12-11-13-39-29-22(19)30(45)41-17-40-29;2*1-4-7(5-2)6-3/h14,17-18,20-21,24-27,32-33H,11-13,15-16H2,1-10H3,(H,47,59)(H,48,60)(H2,38,43,44)(H,39,40,41);2*4-6H2,1-3H3/t20-,21-,24-,25-,26-,27-,32-,33-,57?,58?;;/m1../s1. The van der Waals surface area contributed by atoms with Gasteiger partial charge in [0.1, 0.15) is 66.7 Å². The maximum Gasteiger partial charge on any atom is 0.226 e. The molecule has 3 fully saturated rings. The van der Waals surface area contributed by atoms with Crippen LogP contribution in [0.2, 0.25) is 41.5 Å². The van der Waals surface area contributed by atoms with Crippen molar-refractivity contribution in [3.05, 3.63) is 29.7 Å². The molecule has 5 N–H and O–H groups in total. The van der Waals surface area contributed by atoms with Crippen LogP contribution in [0, 0.1) is 0 Å². The third-order valence-corrected chi connectivity index (χ3v) is 28.1. The monoisotopic (exact) mass is 1190 g/mol. The second kappa shape index (κ2) is 25.6. The number of aromatic nitrogens is 7. The van der Waals surface area contributed by atoms with Crippen LogP contribution in [-0.2, 0) is 71.5 Å². The second-order valence-corrected chi connectivity index (χ2v) is 38.0. The van der Waals surface area contributed by atoms with Gasteiger partial charge in [-0.05, 0) is 108 Å². The summed E-state index contributed by atoms with van der Waals surface area (Å²) in [6.07, 6.45) is -1.99. The number of hydrogen-bond acceptors (Lipinski definition) is 19. The average Bonchev–Trinajstić information content (AvgIpc) is 4.05. The minimum absolute atomic E-state index is 0.0314. The van der Waals surface area contributed by atoms with Crippen molar-refractivity contribution in [1.29, 1.82) is 0 Å². The van der Waals surface area contributed by atoms with Crippen LogP contribution in [-0.4, -0.2) is 146 Å². The van der Waals surface area contributed by atoms with Gasteiger partial charge in [-0.25, -0.2) is 15.0 Å². The molecule has 21 nitrogen and oxygen atoms in total.